The Balaban J connectivity index is 1.64. The van der Waals surface area contributed by atoms with Crippen LogP contribution in [0.2, 0.25) is 0 Å². The summed E-state index contributed by atoms with van der Waals surface area (Å²) >= 11 is 0. The maximum Gasteiger partial charge on any atom is 0.338 e. The molecule has 1 N–H and O–H groups in total. The third kappa shape index (κ3) is 4.48. The van der Waals surface area contributed by atoms with E-state index in [-0.39, 0.29) is 5.97 Å². The van der Waals surface area contributed by atoms with E-state index in [1.807, 2.05) is 0 Å². The minimum absolute atomic E-state index is 0.315. The number of aryl methyl sites for hydroxylation is 1. The fourth-order valence-corrected chi connectivity index (χ4v) is 1.73. The van der Waals surface area contributed by atoms with Gasteiger partial charge in [0, 0.05) is 25.5 Å². The van der Waals surface area contributed by atoms with Crippen molar-refractivity contribution in [2.45, 2.75) is 13.5 Å². The van der Waals surface area contributed by atoms with Crippen LogP contribution in [0.15, 0.2) is 48.8 Å². The molecule has 0 aliphatic rings. The van der Waals surface area contributed by atoms with Gasteiger partial charge in [-0.25, -0.2) is 4.79 Å². The highest BCUT2D eigenvalue weighted by Gasteiger charge is 2.05. The van der Waals surface area contributed by atoms with Crippen molar-refractivity contribution in [2.24, 2.45) is 0 Å². The van der Waals surface area contributed by atoms with Gasteiger partial charge in [-0.2, -0.15) is 0 Å². The third-order valence-corrected chi connectivity index (χ3v) is 2.88. The molecule has 104 valence electrons. The molecule has 0 atom stereocenters. The number of carbonyl (C=O) groups is 1. The van der Waals surface area contributed by atoms with Crippen molar-refractivity contribution in [2.75, 3.05) is 13.2 Å². The number of nitrogens with one attached hydrogen (secondary N) is 1. The summed E-state index contributed by atoms with van der Waals surface area (Å²) in [5, 5.41) is 3.24. The maximum atomic E-state index is 11.6. The molecular weight excluding hydrogens is 252 g/mol. The molecule has 1 aromatic carbocycles. The van der Waals surface area contributed by atoms with Crippen molar-refractivity contribution in [1.82, 2.24) is 10.3 Å². The highest BCUT2D eigenvalue weighted by atomic mass is 16.5. The van der Waals surface area contributed by atoms with E-state index in [9.17, 15) is 4.79 Å². The topological polar surface area (TPSA) is 51.2 Å². The van der Waals surface area contributed by atoms with Crippen molar-refractivity contribution in [3.05, 3.63) is 65.5 Å². The highest BCUT2D eigenvalue weighted by molar-refractivity contribution is 5.89. The van der Waals surface area contributed by atoms with Crippen molar-refractivity contribution < 1.29 is 9.53 Å². The molecule has 0 unspecified atom stereocenters. The van der Waals surface area contributed by atoms with Crippen LogP contribution >= 0.6 is 0 Å². The van der Waals surface area contributed by atoms with Gasteiger partial charge in [-0.1, -0.05) is 29.8 Å². The van der Waals surface area contributed by atoms with Crippen LogP contribution < -0.4 is 5.32 Å². The summed E-state index contributed by atoms with van der Waals surface area (Å²) in [6.45, 7) is 3.82. The number of benzene rings is 1. The fraction of sp³-hybridized carbons (Fsp3) is 0.250. The van der Waals surface area contributed by atoms with Crippen LogP contribution in [-0.4, -0.2) is 24.1 Å². The van der Waals surface area contributed by atoms with Gasteiger partial charge >= 0.3 is 5.97 Å². The molecule has 0 bridgehead atoms. The highest BCUT2D eigenvalue weighted by Crippen LogP contribution is 2.02. The number of carbonyl (C=O) groups excluding carboxylic acids is 1. The molecule has 0 fully saturated rings. The Morgan fingerprint density at radius 2 is 1.85 bits per heavy atom. The molecule has 0 amide bonds. The second-order valence-corrected chi connectivity index (χ2v) is 4.53. The Labute approximate surface area is 118 Å². The van der Waals surface area contributed by atoms with Crippen molar-refractivity contribution in [1.29, 1.82) is 0 Å². The quantitative estimate of drug-likeness (QED) is 0.646. The van der Waals surface area contributed by atoms with E-state index in [0.717, 1.165) is 6.54 Å². The summed E-state index contributed by atoms with van der Waals surface area (Å²) in [5.41, 5.74) is 3.00. The van der Waals surface area contributed by atoms with Gasteiger partial charge in [0.05, 0.1) is 5.56 Å². The summed E-state index contributed by atoms with van der Waals surface area (Å²) in [7, 11) is 0. The first-order chi connectivity index (χ1) is 9.75. The van der Waals surface area contributed by atoms with Crippen molar-refractivity contribution in [3.63, 3.8) is 0 Å². The van der Waals surface area contributed by atoms with Gasteiger partial charge in [-0.15, -0.1) is 0 Å². The molecule has 20 heavy (non-hydrogen) atoms. The minimum atomic E-state index is -0.315. The van der Waals surface area contributed by atoms with E-state index in [0.29, 0.717) is 18.7 Å². The zero-order valence-corrected chi connectivity index (χ0v) is 11.5. The van der Waals surface area contributed by atoms with Crippen molar-refractivity contribution in [3.8, 4) is 0 Å². The zero-order valence-electron chi connectivity index (χ0n) is 11.5. The SMILES string of the molecule is Cc1ccc(CNCCOC(=O)c2ccncc2)cc1. The van der Waals surface area contributed by atoms with E-state index < -0.39 is 0 Å². The standard InChI is InChI=1S/C16H18N2O2/c1-13-2-4-14(5-3-13)12-18-10-11-20-16(19)15-6-8-17-9-7-15/h2-9,18H,10-12H2,1H3. The Morgan fingerprint density at radius 1 is 1.15 bits per heavy atom. The Hall–Kier alpha value is -2.20. The molecule has 2 rings (SSSR count). The molecule has 2 aromatic rings. The number of esters is 1. The molecule has 0 aliphatic carbocycles. The predicted octanol–water partition coefficient (Wildman–Crippen LogP) is 2.34. The fourth-order valence-electron chi connectivity index (χ4n) is 1.73. The number of hydrogen-bond acceptors (Lipinski definition) is 4. The number of hydrogen-bond donors (Lipinski definition) is 1. The van der Waals surface area contributed by atoms with Crippen LogP contribution in [0.4, 0.5) is 0 Å². The van der Waals surface area contributed by atoms with Crippen LogP contribution in [0.5, 0.6) is 0 Å². The predicted molar refractivity (Wildman–Crippen MR) is 77.4 cm³/mol. The molecule has 0 aliphatic heterocycles. The van der Waals surface area contributed by atoms with Gasteiger partial charge in [0.25, 0.3) is 0 Å². The van der Waals surface area contributed by atoms with Gasteiger partial charge in [-0.05, 0) is 24.6 Å². The van der Waals surface area contributed by atoms with Crippen LogP contribution in [0.25, 0.3) is 0 Å². The number of rotatable bonds is 6. The lowest BCUT2D eigenvalue weighted by Gasteiger charge is -2.07. The number of aromatic nitrogens is 1. The Kier molecular flexibility index (Phi) is 5.26. The van der Waals surface area contributed by atoms with Gasteiger partial charge in [0.2, 0.25) is 0 Å². The maximum absolute atomic E-state index is 11.6. The summed E-state index contributed by atoms with van der Waals surface area (Å²) in [6, 6.07) is 11.6. The molecular formula is C16H18N2O2. The first-order valence-electron chi connectivity index (χ1n) is 6.59. The van der Waals surface area contributed by atoms with Gasteiger partial charge in [-0.3, -0.25) is 4.98 Å². The molecule has 0 saturated carbocycles. The Bertz CT molecular complexity index is 538. The van der Waals surface area contributed by atoms with Gasteiger partial charge < -0.3 is 10.1 Å². The zero-order chi connectivity index (χ0) is 14.2. The second kappa shape index (κ2) is 7.40. The van der Waals surface area contributed by atoms with Crippen LogP contribution in [-0.2, 0) is 11.3 Å². The molecule has 0 saturated heterocycles. The summed E-state index contributed by atoms with van der Waals surface area (Å²) in [5.74, 6) is -0.315. The number of pyridine rings is 1. The van der Waals surface area contributed by atoms with Gasteiger partial charge in [0.1, 0.15) is 6.61 Å². The van der Waals surface area contributed by atoms with E-state index in [1.165, 1.54) is 11.1 Å². The molecule has 0 radical (unpaired) electrons. The lowest BCUT2D eigenvalue weighted by atomic mass is 10.1. The first-order valence-corrected chi connectivity index (χ1v) is 6.59. The van der Waals surface area contributed by atoms with Crippen molar-refractivity contribution >= 4 is 5.97 Å². The average Bonchev–Trinajstić information content (AvgIpc) is 2.49. The van der Waals surface area contributed by atoms with Gasteiger partial charge in [0.15, 0.2) is 0 Å². The molecule has 1 heterocycles. The second-order valence-electron chi connectivity index (χ2n) is 4.53. The Morgan fingerprint density at radius 3 is 2.55 bits per heavy atom. The summed E-state index contributed by atoms with van der Waals surface area (Å²) < 4.78 is 5.16. The molecule has 1 aromatic heterocycles. The molecule has 4 heteroatoms. The first kappa shape index (κ1) is 14.2. The minimum Gasteiger partial charge on any atom is -0.461 e. The number of nitrogens with zero attached hydrogens (tertiary/aromatic N) is 1. The van der Waals surface area contributed by atoms with Crippen LogP contribution in [0.3, 0.4) is 0 Å². The lowest BCUT2D eigenvalue weighted by molar-refractivity contribution is 0.0508. The summed E-state index contributed by atoms with van der Waals surface area (Å²) in [6.07, 6.45) is 3.15. The van der Waals surface area contributed by atoms with E-state index in [4.69, 9.17) is 4.74 Å². The van der Waals surface area contributed by atoms with E-state index in [1.54, 1.807) is 24.5 Å². The molecule has 0 spiro atoms. The number of ether oxygens (including phenoxy) is 1. The average molecular weight is 270 g/mol. The normalized spacial score (nSPS) is 10.2. The third-order valence-electron chi connectivity index (χ3n) is 2.88. The lowest BCUT2D eigenvalue weighted by Crippen LogP contribution is -2.21. The smallest absolute Gasteiger partial charge is 0.338 e. The summed E-state index contributed by atoms with van der Waals surface area (Å²) in [4.78, 5) is 15.5. The monoisotopic (exact) mass is 270 g/mol. The van der Waals surface area contributed by atoms with E-state index in [2.05, 4.69) is 41.5 Å². The van der Waals surface area contributed by atoms with Crippen LogP contribution in [0, 0.1) is 6.92 Å². The van der Waals surface area contributed by atoms with E-state index >= 15 is 0 Å². The largest absolute Gasteiger partial charge is 0.461 e. The molecule has 4 nitrogen and oxygen atoms in total. The van der Waals surface area contributed by atoms with Crippen LogP contribution in [0.1, 0.15) is 21.5 Å².